The van der Waals surface area contributed by atoms with Gasteiger partial charge in [-0.25, -0.2) is 0 Å². The molecule has 0 aliphatic rings. The van der Waals surface area contributed by atoms with Crippen molar-refractivity contribution >= 4 is 41.3 Å². The van der Waals surface area contributed by atoms with E-state index >= 15 is 0 Å². The summed E-state index contributed by atoms with van der Waals surface area (Å²) in [5.74, 6) is 0.889. The van der Waals surface area contributed by atoms with Crippen LogP contribution < -0.4 is 16.4 Å². The highest BCUT2D eigenvalue weighted by Gasteiger charge is 2.12. The summed E-state index contributed by atoms with van der Waals surface area (Å²) in [6.07, 6.45) is 0. The first-order valence-electron chi connectivity index (χ1n) is 8.00. The number of halogens is 1. The third kappa shape index (κ3) is 6.78. The Bertz CT molecular complexity index is 624. The van der Waals surface area contributed by atoms with Gasteiger partial charge in [-0.15, -0.1) is 24.0 Å². The average molecular weight is 438 g/mol. The van der Waals surface area contributed by atoms with E-state index in [0.29, 0.717) is 18.4 Å². The van der Waals surface area contributed by atoms with E-state index in [0.717, 1.165) is 11.4 Å². The Balaban J connectivity index is 0.00000288. The fourth-order valence-electron chi connectivity index (χ4n) is 2.19. The second kappa shape index (κ2) is 10.2. The molecule has 130 valence electrons. The molecule has 0 fully saturated rings. The Kier molecular flexibility index (Phi) is 8.60. The van der Waals surface area contributed by atoms with Gasteiger partial charge < -0.3 is 16.4 Å². The zero-order valence-corrected chi connectivity index (χ0v) is 16.8. The maximum atomic E-state index is 6.00. The Hall–Kier alpha value is -1.76. The molecule has 5 heteroatoms. The molecule has 0 aliphatic heterocycles. The molecule has 1 atom stereocenters. The van der Waals surface area contributed by atoms with Gasteiger partial charge in [0.15, 0.2) is 5.96 Å². The highest BCUT2D eigenvalue weighted by Crippen LogP contribution is 2.13. The largest absolute Gasteiger partial charge is 0.380 e. The van der Waals surface area contributed by atoms with Crippen molar-refractivity contribution in [2.45, 2.75) is 26.8 Å². The summed E-state index contributed by atoms with van der Waals surface area (Å²) in [4.78, 5) is 4.48. The van der Waals surface area contributed by atoms with E-state index in [2.05, 4.69) is 48.5 Å². The van der Waals surface area contributed by atoms with Crippen LogP contribution in [0.15, 0.2) is 59.6 Å². The molecule has 2 aromatic carbocycles. The van der Waals surface area contributed by atoms with Crippen molar-refractivity contribution in [3.63, 3.8) is 0 Å². The lowest BCUT2D eigenvalue weighted by atomic mass is 10.0. The van der Waals surface area contributed by atoms with E-state index in [1.807, 2.05) is 42.5 Å². The standard InChI is InChI=1S/C19H26N4.HI/c1-14(2)18(22-16-7-5-4-6-8-16)13-21-19(20)23-17-11-9-15(3)10-12-17;/h4-12,14,18,22H,13H2,1-3H3,(H3,20,21,23);1H. The third-order valence-corrected chi connectivity index (χ3v) is 3.71. The van der Waals surface area contributed by atoms with Crippen molar-refractivity contribution in [1.29, 1.82) is 0 Å². The van der Waals surface area contributed by atoms with E-state index in [4.69, 9.17) is 5.73 Å². The minimum Gasteiger partial charge on any atom is -0.380 e. The van der Waals surface area contributed by atoms with E-state index in [1.54, 1.807) is 0 Å². The minimum absolute atomic E-state index is 0. The molecule has 4 nitrogen and oxygen atoms in total. The minimum atomic E-state index is 0. The maximum Gasteiger partial charge on any atom is 0.193 e. The van der Waals surface area contributed by atoms with Gasteiger partial charge in [0.05, 0.1) is 6.54 Å². The highest BCUT2D eigenvalue weighted by atomic mass is 127. The molecule has 0 aromatic heterocycles. The van der Waals surface area contributed by atoms with E-state index < -0.39 is 0 Å². The monoisotopic (exact) mass is 438 g/mol. The van der Waals surface area contributed by atoms with Crippen LogP contribution in [0.3, 0.4) is 0 Å². The Morgan fingerprint density at radius 2 is 1.62 bits per heavy atom. The summed E-state index contributed by atoms with van der Waals surface area (Å²) in [6, 6.07) is 18.5. The quantitative estimate of drug-likeness (QED) is 0.354. The molecule has 0 spiro atoms. The summed E-state index contributed by atoms with van der Waals surface area (Å²) in [7, 11) is 0. The summed E-state index contributed by atoms with van der Waals surface area (Å²) in [6.45, 7) is 7.04. The predicted molar refractivity (Wildman–Crippen MR) is 115 cm³/mol. The van der Waals surface area contributed by atoms with Crippen LogP contribution in [0.25, 0.3) is 0 Å². The van der Waals surface area contributed by atoms with Gasteiger partial charge in [-0.05, 0) is 37.1 Å². The lowest BCUT2D eigenvalue weighted by molar-refractivity contribution is 0.532. The van der Waals surface area contributed by atoms with Gasteiger partial charge in [0.2, 0.25) is 0 Å². The first-order valence-corrected chi connectivity index (χ1v) is 8.00. The Labute approximate surface area is 162 Å². The summed E-state index contributed by atoms with van der Waals surface area (Å²) < 4.78 is 0. The number of aliphatic imine (C=N–C) groups is 1. The molecule has 2 aromatic rings. The fourth-order valence-corrected chi connectivity index (χ4v) is 2.19. The summed E-state index contributed by atoms with van der Waals surface area (Å²) >= 11 is 0. The number of rotatable bonds is 6. The number of aryl methyl sites for hydroxylation is 1. The van der Waals surface area contributed by atoms with Gasteiger partial charge in [0, 0.05) is 17.4 Å². The number of nitrogens with two attached hydrogens (primary N) is 1. The number of nitrogens with zero attached hydrogens (tertiary/aromatic N) is 1. The van der Waals surface area contributed by atoms with Gasteiger partial charge in [-0.1, -0.05) is 49.7 Å². The Morgan fingerprint density at radius 3 is 2.21 bits per heavy atom. The normalized spacial score (nSPS) is 12.4. The molecule has 0 saturated carbocycles. The summed E-state index contributed by atoms with van der Waals surface area (Å²) in [5.41, 5.74) is 9.27. The fraction of sp³-hybridized carbons (Fsp3) is 0.316. The molecule has 2 rings (SSSR count). The molecule has 0 bridgehead atoms. The van der Waals surface area contributed by atoms with Crippen molar-refractivity contribution in [2.24, 2.45) is 16.6 Å². The smallest absolute Gasteiger partial charge is 0.193 e. The number of para-hydroxylation sites is 1. The van der Waals surface area contributed by atoms with Crippen molar-refractivity contribution in [3.05, 3.63) is 60.2 Å². The second-order valence-electron chi connectivity index (χ2n) is 6.08. The van der Waals surface area contributed by atoms with Gasteiger partial charge in [-0.3, -0.25) is 4.99 Å². The molecular weight excluding hydrogens is 411 g/mol. The zero-order chi connectivity index (χ0) is 16.7. The maximum absolute atomic E-state index is 6.00. The van der Waals surface area contributed by atoms with E-state index in [-0.39, 0.29) is 30.0 Å². The van der Waals surface area contributed by atoms with E-state index in [9.17, 15) is 0 Å². The zero-order valence-electron chi connectivity index (χ0n) is 14.5. The van der Waals surface area contributed by atoms with Crippen LogP contribution in [0.1, 0.15) is 19.4 Å². The first kappa shape index (κ1) is 20.3. The number of nitrogens with one attached hydrogen (secondary N) is 2. The number of guanidine groups is 1. The topological polar surface area (TPSA) is 62.4 Å². The lowest BCUT2D eigenvalue weighted by Crippen LogP contribution is -2.31. The van der Waals surface area contributed by atoms with Gasteiger partial charge in [0.25, 0.3) is 0 Å². The lowest BCUT2D eigenvalue weighted by Gasteiger charge is -2.22. The van der Waals surface area contributed by atoms with Crippen LogP contribution in [-0.2, 0) is 0 Å². The van der Waals surface area contributed by atoms with Crippen LogP contribution in [0, 0.1) is 12.8 Å². The van der Waals surface area contributed by atoms with Crippen molar-refractivity contribution in [3.8, 4) is 0 Å². The van der Waals surface area contributed by atoms with Gasteiger partial charge in [-0.2, -0.15) is 0 Å². The van der Waals surface area contributed by atoms with Crippen LogP contribution in [0.4, 0.5) is 11.4 Å². The van der Waals surface area contributed by atoms with Crippen molar-refractivity contribution in [2.75, 3.05) is 17.2 Å². The second-order valence-corrected chi connectivity index (χ2v) is 6.08. The van der Waals surface area contributed by atoms with Crippen LogP contribution in [0.5, 0.6) is 0 Å². The molecule has 0 aliphatic carbocycles. The average Bonchev–Trinajstić information content (AvgIpc) is 2.54. The number of benzene rings is 2. The molecule has 0 saturated heterocycles. The van der Waals surface area contributed by atoms with E-state index in [1.165, 1.54) is 5.56 Å². The first-order chi connectivity index (χ1) is 11.0. The molecule has 0 heterocycles. The molecule has 0 radical (unpaired) electrons. The molecular formula is C19H27IN4. The predicted octanol–water partition coefficient (Wildman–Crippen LogP) is 4.48. The molecule has 1 unspecified atom stereocenters. The van der Waals surface area contributed by atoms with Crippen LogP contribution >= 0.6 is 24.0 Å². The Morgan fingerprint density at radius 1 is 1.00 bits per heavy atom. The van der Waals surface area contributed by atoms with Crippen molar-refractivity contribution in [1.82, 2.24) is 0 Å². The number of hydrogen-bond donors (Lipinski definition) is 3. The van der Waals surface area contributed by atoms with Crippen molar-refractivity contribution < 1.29 is 0 Å². The summed E-state index contributed by atoms with van der Waals surface area (Å²) in [5, 5.41) is 6.64. The third-order valence-electron chi connectivity index (χ3n) is 3.71. The van der Waals surface area contributed by atoms with Gasteiger partial charge in [0.1, 0.15) is 0 Å². The molecule has 24 heavy (non-hydrogen) atoms. The van der Waals surface area contributed by atoms with Crippen LogP contribution in [-0.4, -0.2) is 18.5 Å². The van der Waals surface area contributed by atoms with Gasteiger partial charge >= 0.3 is 0 Å². The number of anilines is 2. The molecule has 4 N–H and O–H groups in total. The molecule has 0 amide bonds. The highest BCUT2D eigenvalue weighted by molar-refractivity contribution is 14.0. The van der Waals surface area contributed by atoms with Crippen LogP contribution in [0.2, 0.25) is 0 Å². The SMILES string of the molecule is Cc1ccc(NC(N)=NCC(Nc2ccccc2)C(C)C)cc1.I. The number of hydrogen-bond acceptors (Lipinski definition) is 2.